The van der Waals surface area contributed by atoms with Crippen LogP contribution in [0.15, 0.2) is 86.6 Å². The number of aliphatic imine (C=N–C) groups is 2. The number of carbonyl (C=O) groups is 1. The number of aromatic carboxylic acids is 1. The number of piperazine rings is 2. The smallest absolute Gasteiger partial charge is 0.341 e. The summed E-state index contributed by atoms with van der Waals surface area (Å²) in [6.45, 7) is 2.10. The van der Waals surface area contributed by atoms with Crippen LogP contribution < -0.4 is 32.1 Å². The summed E-state index contributed by atoms with van der Waals surface area (Å²) in [6.07, 6.45) is 2.92. The fourth-order valence-corrected chi connectivity index (χ4v) is 8.13. The van der Waals surface area contributed by atoms with Gasteiger partial charge in [0.25, 0.3) is 0 Å². The number of guanidine groups is 2. The molecule has 24 heteroatoms. The van der Waals surface area contributed by atoms with Gasteiger partial charge >= 0.3 is 5.97 Å². The van der Waals surface area contributed by atoms with Crippen molar-refractivity contribution >= 4 is 63.1 Å². The molecule has 0 bridgehead atoms. The molecule has 69 heavy (non-hydrogen) atoms. The zero-order valence-corrected chi connectivity index (χ0v) is 36.4. The van der Waals surface area contributed by atoms with Gasteiger partial charge in [0.05, 0.1) is 22.1 Å². The van der Waals surface area contributed by atoms with Gasteiger partial charge in [0, 0.05) is 102 Å². The van der Waals surface area contributed by atoms with Crippen LogP contribution in [0.25, 0.3) is 33.4 Å². The number of aromatic nitrogens is 4. The molecule has 0 spiro atoms. The Labute approximate surface area is 387 Å². The van der Waals surface area contributed by atoms with Crippen molar-refractivity contribution in [2.75, 3.05) is 68.7 Å². The number of carboxylic acids is 1. The number of nitrogens with two attached hydrogens (primary N) is 2. The number of amidine groups is 1. The van der Waals surface area contributed by atoms with E-state index in [0.717, 1.165) is 47.2 Å². The Bertz CT molecular complexity index is 3240. The number of rotatable bonds is 11. The summed E-state index contributed by atoms with van der Waals surface area (Å²) in [5.74, 6) is -7.12. The quantitative estimate of drug-likeness (QED) is 0.0527. The van der Waals surface area contributed by atoms with E-state index in [2.05, 4.69) is 20.0 Å². The fourth-order valence-electron chi connectivity index (χ4n) is 8.13. The maximum Gasteiger partial charge on any atom is 0.341 e. The van der Waals surface area contributed by atoms with Crippen LogP contribution in [0.5, 0.6) is 0 Å². The molecule has 6 heterocycles. The molecule has 18 nitrogen and oxygen atoms in total. The molecule has 2 aromatic carbocycles. The third kappa shape index (κ3) is 9.90. The first-order valence-electron chi connectivity index (χ1n) is 21.4. The van der Waals surface area contributed by atoms with E-state index < -0.39 is 62.7 Å². The number of hydrogen-bond donors (Lipinski definition) is 5. The van der Waals surface area contributed by atoms with E-state index in [1.54, 1.807) is 19.6 Å². The van der Waals surface area contributed by atoms with E-state index in [9.17, 15) is 37.1 Å². The van der Waals surface area contributed by atoms with E-state index in [1.807, 2.05) is 0 Å². The van der Waals surface area contributed by atoms with Gasteiger partial charge in [0.1, 0.15) is 34.7 Å². The SMILES string of the molecule is N=C(CCCN=C(N)N=C(N)N1CCN(c2nc3c(cc2F)c(=O)c(C(=O)O)cn3-c2ccc(F)cc2F)CC1)CC(=N)N1CCN(c2nc3c(cc2F)c(=O)ccn3-c2ccc(F)cc2F)CC1. The Hall–Kier alpha value is -8.31. The number of fused-ring (bicyclic) bond motifs is 2. The normalized spacial score (nSPS) is 14.8. The molecule has 0 amide bonds. The Balaban J connectivity index is 0.822. The summed E-state index contributed by atoms with van der Waals surface area (Å²) in [7, 11) is 0. The predicted octanol–water partition coefficient (Wildman–Crippen LogP) is 4.36. The Morgan fingerprint density at radius 1 is 0.696 bits per heavy atom. The van der Waals surface area contributed by atoms with Crippen LogP contribution in [-0.2, 0) is 0 Å². The van der Waals surface area contributed by atoms with Gasteiger partial charge in [-0.15, -0.1) is 0 Å². The number of halogens is 6. The maximum absolute atomic E-state index is 15.6. The number of nitrogens with one attached hydrogen (secondary N) is 2. The van der Waals surface area contributed by atoms with Gasteiger partial charge in [-0.05, 0) is 49.2 Å². The largest absolute Gasteiger partial charge is 0.477 e. The third-order valence-electron chi connectivity index (χ3n) is 11.7. The molecule has 2 saturated heterocycles. The lowest BCUT2D eigenvalue weighted by Gasteiger charge is -2.37. The van der Waals surface area contributed by atoms with Crippen molar-refractivity contribution in [1.29, 1.82) is 10.8 Å². The van der Waals surface area contributed by atoms with Gasteiger partial charge in [0.15, 0.2) is 46.0 Å². The summed E-state index contributed by atoms with van der Waals surface area (Å²) in [6, 6.07) is 8.54. The van der Waals surface area contributed by atoms with Crippen molar-refractivity contribution in [1.82, 2.24) is 28.9 Å². The van der Waals surface area contributed by atoms with Crippen molar-refractivity contribution in [3.63, 3.8) is 0 Å². The Morgan fingerprint density at radius 3 is 1.80 bits per heavy atom. The number of hydrogen-bond acceptors (Lipinski definition) is 10. The first-order chi connectivity index (χ1) is 33.0. The molecule has 0 radical (unpaired) electrons. The molecule has 2 aliphatic heterocycles. The maximum atomic E-state index is 15.6. The number of carboxylic acid groups (broad SMARTS) is 1. The second-order valence-corrected chi connectivity index (χ2v) is 16.1. The van der Waals surface area contributed by atoms with Crippen LogP contribution in [-0.4, -0.2) is 122 Å². The van der Waals surface area contributed by atoms with Crippen molar-refractivity contribution < 1.29 is 36.2 Å². The van der Waals surface area contributed by atoms with Crippen molar-refractivity contribution in [3.05, 3.63) is 128 Å². The minimum Gasteiger partial charge on any atom is -0.477 e. The molecule has 0 atom stereocenters. The molecule has 2 aliphatic rings. The Kier molecular flexibility index (Phi) is 13.3. The van der Waals surface area contributed by atoms with Gasteiger partial charge < -0.3 is 41.6 Å². The monoisotopic (exact) mass is 956 g/mol. The van der Waals surface area contributed by atoms with Crippen molar-refractivity contribution in [2.45, 2.75) is 19.3 Å². The van der Waals surface area contributed by atoms with Gasteiger partial charge in [-0.25, -0.2) is 41.1 Å². The zero-order valence-electron chi connectivity index (χ0n) is 36.4. The topological polar surface area (TPSA) is 244 Å². The fraction of sp³-hybridized carbons (Fsp3) is 0.267. The third-order valence-corrected chi connectivity index (χ3v) is 11.7. The minimum absolute atomic E-state index is 0.00853. The highest BCUT2D eigenvalue weighted by molar-refractivity contribution is 6.01. The number of benzene rings is 2. The summed E-state index contributed by atoms with van der Waals surface area (Å²) < 4.78 is 90.2. The number of pyridine rings is 4. The highest BCUT2D eigenvalue weighted by atomic mass is 19.2. The van der Waals surface area contributed by atoms with E-state index in [-0.39, 0.29) is 115 Å². The van der Waals surface area contributed by atoms with Crippen LogP contribution in [0.4, 0.5) is 38.0 Å². The summed E-state index contributed by atoms with van der Waals surface area (Å²) >= 11 is 0. The number of nitrogens with zero attached hydrogens (tertiary/aromatic N) is 10. The molecule has 4 aromatic heterocycles. The summed E-state index contributed by atoms with van der Waals surface area (Å²) in [5, 5.41) is 26.2. The lowest BCUT2D eigenvalue weighted by Crippen LogP contribution is -2.52. The molecule has 7 N–H and O–H groups in total. The zero-order chi connectivity index (χ0) is 49.3. The predicted molar refractivity (Wildman–Crippen MR) is 246 cm³/mol. The van der Waals surface area contributed by atoms with Gasteiger partial charge in [-0.3, -0.25) is 29.1 Å². The van der Waals surface area contributed by atoms with Gasteiger partial charge in [0.2, 0.25) is 11.4 Å². The molecule has 0 saturated carbocycles. The van der Waals surface area contributed by atoms with E-state index in [0.29, 0.717) is 38.1 Å². The van der Waals surface area contributed by atoms with Crippen LogP contribution in [0, 0.1) is 45.7 Å². The lowest BCUT2D eigenvalue weighted by atomic mass is 10.1. The number of anilines is 2. The standard InChI is InChI=1S/C45H42F6N14O4/c46-24-3-5-34(30(48)18-24)64-9-7-36(66)27-21-32(50)41(57-39(27)64)61-12-10-60(11-13-61)37(53)20-26(52)2-1-8-56-44(54)59-45(55)63-16-14-62(15-17-63)42-33(51)22-28-38(67)29(43(68)69)23-65(40(28)58-42)35-6-4-25(47)19-31(35)49/h3-7,9,18-19,21-23,52-53H,1-2,8,10-17,20H2,(H,68,69)(H4,54,55,56,59). The molecule has 2 fully saturated rings. The van der Waals surface area contributed by atoms with Crippen LogP contribution in [0.2, 0.25) is 0 Å². The van der Waals surface area contributed by atoms with Crippen molar-refractivity contribution in [2.24, 2.45) is 21.5 Å². The molecule has 0 aliphatic carbocycles. The first-order valence-corrected chi connectivity index (χ1v) is 21.4. The second kappa shape index (κ2) is 19.5. The average Bonchev–Trinajstić information content (AvgIpc) is 3.31. The van der Waals surface area contributed by atoms with Crippen LogP contribution >= 0.6 is 0 Å². The Morgan fingerprint density at radius 2 is 1.23 bits per heavy atom. The molecule has 358 valence electrons. The second-order valence-electron chi connectivity index (χ2n) is 16.1. The van der Waals surface area contributed by atoms with Gasteiger partial charge in [-0.2, -0.15) is 4.99 Å². The first kappa shape index (κ1) is 47.2. The van der Waals surface area contributed by atoms with Gasteiger partial charge in [-0.1, -0.05) is 0 Å². The molecular weight excluding hydrogens is 915 g/mol. The summed E-state index contributed by atoms with van der Waals surface area (Å²) in [4.78, 5) is 61.2. The lowest BCUT2D eigenvalue weighted by molar-refractivity contribution is 0.0695. The molecule has 6 aromatic rings. The van der Waals surface area contributed by atoms with Crippen molar-refractivity contribution in [3.8, 4) is 11.4 Å². The molecule has 8 rings (SSSR count). The van der Waals surface area contributed by atoms with E-state index in [4.69, 9.17) is 22.3 Å². The highest BCUT2D eigenvalue weighted by Crippen LogP contribution is 2.28. The summed E-state index contributed by atoms with van der Waals surface area (Å²) in [5.41, 5.74) is 9.57. The minimum atomic E-state index is -1.63. The highest BCUT2D eigenvalue weighted by Gasteiger charge is 2.27. The molecular formula is C45H42F6N14O4. The molecule has 0 unspecified atom stereocenters. The average molecular weight is 957 g/mol. The van der Waals surface area contributed by atoms with E-state index >= 15 is 8.78 Å². The van der Waals surface area contributed by atoms with Crippen LogP contribution in [0.3, 0.4) is 0 Å². The van der Waals surface area contributed by atoms with E-state index in [1.165, 1.54) is 16.8 Å². The van der Waals surface area contributed by atoms with Crippen LogP contribution in [0.1, 0.15) is 29.6 Å².